The molecule has 0 aliphatic rings. The Morgan fingerprint density at radius 3 is 2.52 bits per heavy atom. The number of rotatable bonds is 7. The number of thiophene rings is 1. The molecule has 0 aliphatic heterocycles. The molecule has 2 N–H and O–H groups in total. The van der Waals surface area contributed by atoms with Crippen LogP contribution in [0.2, 0.25) is 0 Å². The molecule has 0 spiro atoms. The summed E-state index contributed by atoms with van der Waals surface area (Å²) in [6, 6.07) is 13.5. The first-order valence-electron chi connectivity index (χ1n) is 9.64. The summed E-state index contributed by atoms with van der Waals surface area (Å²) in [5, 5.41) is 6.54. The molecule has 2 heterocycles. The van der Waals surface area contributed by atoms with Gasteiger partial charge in [-0.1, -0.05) is 43.3 Å². The molecule has 1 atom stereocenters. The first kappa shape index (κ1) is 20.7. The molecule has 150 valence electrons. The normalized spacial score (nSPS) is 11.7. The highest BCUT2D eigenvalue weighted by Gasteiger charge is 2.24. The number of anilines is 1. The number of pyridine rings is 1. The molecular weight excluding hydrogens is 382 g/mol. The molecular formula is C23H25N3O2S. The highest BCUT2D eigenvalue weighted by Crippen LogP contribution is 2.33. The molecule has 2 aromatic heterocycles. The van der Waals surface area contributed by atoms with E-state index in [0.29, 0.717) is 23.5 Å². The highest BCUT2D eigenvalue weighted by atomic mass is 32.1. The summed E-state index contributed by atoms with van der Waals surface area (Å²) in [7, 11) is 0. The molecule has 0 radical (unpaired) electrons. The third-order valence-corrected chi connectivity index (χ3v) is 6.07. The minimum Gasteiger partial charge on any atom is -0.348 e. The number of benzene rings is 1. The van der Waals surface area contributed by atoms with Gasteiger partial charge in [-0.3, -0.25) is 14.6 Å². The summed E-state index contributed by atoms with van der Waals surface area (Å²) in [6.45, 7) is 6.25. The summed E-state index contributed by atoms with van der Waals surface area (Å²) in [5.41, 5.74) is 3.32. The molecule has 3 rings (SSSR count). The number of hydrogen-bond donors (Lipinski definition) is 2. The quantitative estimate of drug-likeness (QED) is 0.590. The maximum atomic E-state index is 13.0. The van der Waals surface area contributed by atoms with Crippen LogP contribution >= 0.6 is 11.3 Å². The predicted molar refractivity (Wildman–Crippen MR) is 117 cm³/mol. The van der Waals surface area contributed by atoms with Crippen LogP contribution in [0.3, 0.4) is 0 Å². The van der Waals surface area contributed by atoms with Gasteiger partial charge in [-0.05, 0) is 43.0 Å². The first-order valence-corrected chi connectivity index (χ1v) is 10.5. The lowest BCUT2D eigenvalue weighted by atomic mass is 9.95. The fraction of sp³-hybridized carbons (Fsp3) is 0.261. The van der Waals surface area contributed by atoms with Crippen LogP contribution in [0, 0.1) is 13.8 Å². The Hall–Kier alpha value is -2.99. The molecule has 0 aliphatic carbocycles. The Morgan fingerprint density at radius 2 is 1.86 bits per heavy atom. The second-order valence-electron chi connectivity index (χ2n) is 6.89. The lowest BCUT2D eigenvalue weighted by Crippen LogP contribution is -2.26. The molecule has 5 nitrogen and oxygen atoms in total. The van der Waals surface area contributed by atoms with Crippen molar-refractivity contribution >= 4 is 28.2 Å². The van der Waals surface area contributed by atoms with Gasteiger partial charge in [0.2, 0.25) is 5.91 Å². The third kappa shape index (κ3) is 4.90. The largest absolute Gasteiger partial charge is 0.348 e. The zero-order chi connectivity index (χ0) is 20.8. The van der Waals surface area contributed by atoms with E-state index < -0.39 is 0 Å². The second-order valence-corrected chi connectivity index (χ2v) is 8.12. The minimum absolute atomic E-state index is 0.0961. The van der Waals surface area contributed by atoms with Crippen molar-refractivity contribution in [2.45, 2.75) is 39.7 Å². The Morgan fingerprint density at radius 1 is 1.10 bits per heavy atom. The van der Waals surface area contributed by atoms with E-state index in [1.807, 2.05) is 63.2 Å². The summed E-state index contributed by atoms with van der Waals surface area (Å²) in [6.07, 6.45) is 4.10. The van der Waals surface area contributed by atoms with Gasteiger partial charge in [-0.2, -0.15) is 0 Å². The van der Waals surface area contributed by atoms with E-state index in [2.05, 4.69) is 15.6 Å². The topological polar surface area (TPSA) is 71.1 Å². The average Bonchev–Trinajstić information content (AvgIpc) is 3.01. The van der Waals surface area contributed by atoms with Crippen LogP contribution in [-0.2, 0) is 11.3 Å². The predicted octanol–water partition coefficient (Wildman–Crippen LogP) is 4.82. The van der Waals surface area contributed by atoms with E-state index in [1.165, 1.54) is 11.3 Å². The standard InChI is InChI=1S/C23H25N3O2S/c1-4-19(18-10-6-5-7-11-18)21(27)26-23-20(15(2)16(3)29-23)22(28)25-14-17-9-8-12-24-13-17/h5-13,19H,4,14H2,1-3H3,(H,25,28)(H,26,27)/t19-/m1/s1. The van der Waals surface area contributed by atoms with E-state index in [1.54, 1.807) is 12.4 Å². The molecule has 0 saturated heterocycles. The highest BCUT2D eigenvalue weighted by molar-refractivity contribution is 7.16. The lowest BCUT2D eigenvalue weighted by molar-refractivity contribution is -0.117. The van der Waals surface area contributed by atoms with Gasteiger partial charge in [-0.25, -0.2) is 0 Å². The van der Waals surface area contributed by atoms with Crippen LogP contribution in [0.15, 0.2) is 54.9 Å². The van der Waals surface area contributed by atoms with Gasteiger partial charge in [0.1, 0.15) is 5.00 Å². The van der Waals surface area contributed by atoms with Crippen molar-refractivity contribution in [1.82, 2.24) is 10.3 Å². The van der Waals surface area contributed by atoms with Crippen molar-refractivity contribution in [2.24, 2.45) is 0 Å². The van der Waals surface area contributed by atoms with Gasteiger partial charge in [0.15, 0.2) is 0 Å². The first-order chi connectivity index (χ1) is 14.0. The number of carbonyl (C=O) groups is 2. The summed E-state index contributed by atoms with van der Waals surface area (Å²) in [4.78, 5) is 30.9. The number of aromatic nitrogens is 1. The van der Waals surface area contributed by atoms with Gasteiger partial charge < -0.3 is 10.6 Å². The van der Waals surface area contributed by atoms with E-state index in [0.717, 1.165) is 21.6 Å². The van der Waals surface area contributed by atoms with Crippen LogP contribution in [0.4, 0.5) is 5.00 Å². The molecule has 0 bridgehead atoms. The molecule has 3 aromatic rings. The molecule has 1 aromatic carbocycles. The van der Waals surface area contributed by atoms with Crippen molar-refractivity contribution in [3.05, 3.63) is 82.0 Å². The molecule has 0 fully saturated rings. The Balaban J connectivity index is 1.78. The van der Waals surface area contributed by atoms with Gasteiger partial charge in [0.05, 0.1) is 11.5 Å². The minimum atomic E-state index is -0.259. The number of hydrogen-bond acceptors (Lipinski definition) is 4. The number of amides is 2. The molecule has 0 saturated carbocycles. The summed E-state index contributed by atoms with van der Waals surface area (Å²) >= 11 is 1.44. The van der Waals surface area contributed by atoms with Crippen molar-refractivity contribution in [3.63, 3.8) is 0 Å². The van der Waals surface area contributed by atoms with Gasteiger partial charge in [0, 0.05) is 23.8 Å². The fourth-order valence-corrected chi connectivity index (χ4v) is 4.28. The number of carbonyl (C=O) groups excluding carboxylic acids is 2. The van der Waals surface area contributed by atoms with Crippen LogP contribution in [0.25, 0.3) is 0 Å². The number of aryl methyl sites for hydroxylation is 1. The molecule has 6 heteroatoms. The number of nitrogens with one attached hydrogen (secondary N) is 2. The van der Waals surface area contributed by atoms with E-state index >= 15 is 0 Å². The zero-order valence-corrected chi connectivity index (χ0v) is 17.7. The van der Waals surface area contributed by atoms with E-state index in [4.69, 9.17) is 0 Å². The maximum Gasteiger partial charge on any atom is 0.254 e. The van der Waals surface area contributed by atoms with Crippen LogP contribution in [-0.4, -0.2) is 16.8 Å². The average molecular weight is 408 g/mol. The smallest absolute Gasteiger partial charge is 0.254 e. The van der Waals surface area contributed by atoms with E-state index in [9.17, 15) is 9.59 Å². The van der Waals surface area contributed by atoms with Crippen LogP contribution in [0.1, 0.15) is 51.2 Å². The van der Waals surface area contributed by atoms with Gasteiger partial charge >= 0.3 is 0 Å². The Bertz CT molecular complexity index is 984. The van der Waals surface area contributed by atoms with Crippen molar-refractivity contribution in [2.75, 3.05) is 5.32 Å². The monoisotopic (exact) mass is 407 g/mol. The maximum absolute atomic E-state index is 13.0. The summed E-state index contributed by atoms with van der Waals surface area (Å²) < 4.78 is 0. The van der Waals surface area contributed by atoms with Crippen LogP contribution in [0.5, 0.6) is 0 Å². The lowest BCUT2D eigenvalue weighted by Gasteiger charge is -2.15. The van der Waals surface area contributed by atoms with Crippen molar-refractivity contribution in [1.29, 1.82) is 0 Å². The third-order valence-electron chi connectivity index (χ3n) is 4.95. The zero-order valence-electron chi connectivity index (χ0n) is 16.9. The summed E-state index contributed by atoms with van der Waals surface area (Å²) in [5.74, 6) is -0.551. The Kier molecular flexibility index (Phi) is 6.77. The van der Waals surface area contributed by atoms with Crippen molar-refractivity contribution in [3.8, 4) is 0 Å². The molecule has 0 unspecified atom stereocenters. The van der Waals surface area contributed by atoms with E-state index in [-0.39, 0.29) is 17.7 Å². The molecule has 29 heavy (non-hydrogen) atoms. The van der Waals surface area contributed by atoms with Crippen LogP contribution < -0.4 is 10.6 Å². The Labute approximate surface area is 175 Å². The molecule has 2 amide bonds. The fourth-order valence-electron chi connectivity index (χ4n) is 3.22. The van der Waals surface area contributed by atoms with Gasteiger partial charge in [-0.15, -0.1) is 11.3 Å². The van der Waals surface area contributed by atoms with Crippen molar-refractivity contribution < 1.29 is 9.59 Å². The van der Waals surface area contributed by atoms with Gasteiger partial charge in [0.25, 0.3) is 5.91 Å². The number of nitrogens with zero attached hydrogens (tertiary/aromatic N) is 1. The SMILES string of the molecule is CC[C@@H](C(=O)Nc1sc(C)c(C)c1C(=O)NCc1cccnc1)c1ccccc1. The second kappa shape index (κ2) is 9.47.